The van der Waals surface area contributed by atoms with Crippen LogP contribution < -0.4 is 25.6 Å². The molecule has 0 heterocycles. The maximum absolute atomic E-state index is 12.9. The second kappa shape index (κ2) is 18.9. The number of para-hydroxylation sites is 1. The van der Waals surface area contributed by atoms with Crippen LogP contribution in [-0.4, -0.2) is 55.2 Å². The normalized spacial score (nSPS) is 10.5. The van der Waals surface area contributed by atoms with Crippen molar-refractivity contribution in [2.45, 2.75) is 26.4 Å². The van der Waals surface area contributed by atoms with Gasteiger partial charge in [0.05, 0.1) is 0 Å². The standard InChI is InChI=1S/C32H36N6O4.CH3.Yb/c1-22(2)34-20-25(21-38(5)27-17-13-24(14-18-27)31(40)37(3)4)29(33)30(39)35-19-23-11-15-26(16-12-23)36-32(41)42-28-9-7-6-8-10-28;;/h6-18,22,33-34H,5,19,21H2,1-4H3,(H,35,39)(H,36,41);1H3;/q-2;-1;+3. The molecule has 3 amide bonds. The van der Waals surface area contributed by atoms with Crippen molar-refractivity contribution in [3.63, 3.8) is 0 Å². The number of anilines is 2. The predicted molar refractivity (Wildman–Crippen MR) is 171 cm³/mol. The van der Waals surface area contributed by atoms with E-state index in [2.05, 4.69) is 29.2 Å². The van der Waals surface area contributed by atoms with Crippen LogP contribution in [0.1, 0.15) is 29.8 Å². The van der Waals surface area contributed by atoms with Gasteiger partial charge in [0.25, 0.3) is 5.91 Å². The first kappa shape index (κ1) is 38.4. The van der Waals surface area contributed by atoms with Gasteiger partial charge in [-0.25, -0.2) is 4.79 Å². The molecule has 0 aliphatic heterocycles. The fraction of sp³-hybridized carbons (Fsp3) is 0.212. The van der Waals surface area contributed by atoms with Gasteiger partial charge in [-0.15, -0.1) is 0 Å². The average Bonchev–Trinajstić information content (AvgIpc) is 2.98. The van der Waals surface area contributed by atoms with Crippen molar-refractivity contribution in [3.8, 4) is 5.75 Å². The van der Waals surface area contributed by atoms with E-state index >= 15 is 0 Å². The van der Waals surface area contributed by atoms with Crippen LogP contribution in [-0.2, 0) is 11.3 Å². The summed E-state index contributed by atoms with van der Waals surface area (Å²) in [6.07, 6.45) is 2.36. The van der Waals surface area contributed by atoms with Crippen LogP contribution in [0.15, 0.2) is 84.4 Å². The molecule has 44 heavy (non-hydrogen) atoms. The van der Waals surface area contributed by atoms with Gasteiger partial charge in [-0.05, 0) is 80.2 Å². The summed E-state index contributed by atoms with van der Waals surface area (Å²) in [5.74, 6) is -0.249. The van der Waals surface area contributed by atoms with Gasteiger partial charge in [0, 0.05) is 43.6 Å². The van der Waals surface area contributed by atoms with Crippen LogP contribution >= 0.6 is 0 Å². The predicted octanol–water partition coefficient (Wildman–Crippen LogP) is 5.07. The van der Waals surface area contributed by atoms with Gasteiger partial charge in [-0.1, -0.05) is 30.3 Å². The van der Waals surface area contributed by atoms with Crippen LogP contribution in [0.5, 0.6) is 5.75 Å². The zero-order valence-corrected chi connectivity index (χ0v) is 27.2. The number of hydrogen-bond acceptors (Lipinski definition) is 7. The minimum absolute atomic E-state index is 0. The number of nitrogens with zero attached hydrogens (tertiary/aromatic N) is 2. The van der Waals surface area contributed by atoms with Crippen molar-refractivity contribution in [1.29, 1.82) is 5.41 Å². The van der Waals surface area contributed by atoms with Gasteiger partial charge in [0.15, 0.2) is 5.91 Å². The van der Waals surface area contributed by atoms with Crippen molar-refractivity contribution in [1.82, 2.24) is 15.5 Å². The Morgan fingerprint density at radius 3 is 2.14 bits per heavy atom. The summed E-state index contributed by atoms with van der Waals surface area (Å²) in [7, 11) is 7.43. The van der Waals surface area contributed by atoms with E-state index in [0.717, 1.165) is 5.56 Å². The first-order valence-electron chi connectivity index (χ1n) is 13.3. The van der Waals surface area contributed by atoms with Crippen LogP contribution in [0.25, 0.3) is 0 Å². The average molecular weight is 757 g/mol. The molecule has 3 rings (SSSR count). The number of carbonyl (C=O) groups excluding carboxylic acids is 3. The third-order valence-corrected chi connectivity index (χ3v) is 5.88. The van der Waals surface area contributed by atoms with Gasteiger partial charge in [-0.3, -0.25) is 22.0 Å². The number of rotatable bonds is 12. The molecule has 0 bridgehead atoms. The monoisotopic (exact) mass is 757 g/mol. The molecule has 0 atom stereocenters. The quantitative estimate of drug-likeness (QED) is 0.116. The Balaban J connectivity index is 0.00000484. The topological polar surface area (TPSA) is 127 Å². The van der Waals surface area contributed by atoms with E-state index in [4.69, 9.17) is 10.1 Å². The van der Waals surface area contributed by atoms with Crippen molar-refractivity contribution in [2.75, 3.05) is 30.9 Å². The first-order valence-corrected chi connectivity index (χ1v) is 13.3. The molecule has 0 fully saturated rings. The van der Waals surface area contributed by atoms with Gasteiger partial charge in [0.2, 0.25) is 0 Å². The van der Waals surface area contributed by atoms with Crippen LogP contribution in [0, 0.1) is 73.0 Å². The largest absolute Gasteiger partial charge is 3.00 e. The Morgan fingerprint density at radius 2 is 1.57 bits per heavy atom. The van der Waals surface area contributed by atoms with Gasteiger partial charge < -0.3 is 38.0 Å². The third kappa shape index (κ3) is 12.2. The summed E-state index contributed by atoms with van der Waals surface area (Å²) >= 11 is 0. The fourth-order valence-corrected chi connectivity index (χ4v) is 3.62. The SMILES string of the molecule is [CH2-]N(CC(=[C-]NC(C)C)C(=N)C(=O)NCc1ccc(NC(=O)Oc2ccccc2)cc1)c1ccc(C(=O)N(C)C)cc1.[CH3-].[Yb+3]. The molecule has 11 heteroatoms. The molecule has 3 aromatic carbocycles. The molecule has 0 saturated heterocycles. The Kier molecular flexibility index (Phi) is 16.5. The Labute approximate surface area is 299 Å². The minimum atomic E-state index is -0.612. The number of amides is 3. The summed E-state index contributed by atoms with van der Waals surface area (Å²) in [5, 5.41) is 17.0. The zero-order valence-electron chi connectivity index (χ0n) is 25.5. The zero-order chi connectivity index (χ0) is 30.6. The van der Waals surface area contributed by atoms with Crippen LogP contribution in [0.3, 0.4) is 0 Å². The molecule has 0 unspecified atom stereocenters. The summed E-state index contributed by atoms with van der Waals surface area (Å²) in [6.45, 7) is 4.16. The Bertz CT molecular complexity index is 1410. The third-order valence-electron chi connectivity index (χ3n) is 5.88. The van der Waals surface area contributed by atoms with E-state index < -0.39 is 12.0 Å². The molecule has 0 spiro atoms. The first-order chi connectivity index (χ1) is 20.0. The summed E-state index contributed by atoms with van der Waals surface area (Å²) in [5.41, 5.74) is 2.64. The van der Waals surface area contributed by atoms with Crippen molar-refractivity contribution < 1.29 is 66.0 Å². The second-order valence-corrected chi connectivity index (χ2v) is 9.93. The maximum Gasteiger partial charge on any atom is 3.00 e. The molecule has 0 aliphatic rings. The molecule has 10 nitrogen and oxygen atoms in total. The molecule has 4 N–H and O–H groups in total. The second-order valence-electron chi connectivity index (χ2n) is 9.93. The smallest absolute Gasteiger partial charge is 0.524 e. The molecule has 0 aromatic heterocycles. The molecule has 0 saturated carbocycles. The van der Waals surface area contributed by atoms with Gasteiger partial charge >= 0.3 is 53.0 Å². The molecular formula is C33H39N6O4Yb. The number of hydrogen-bond donors (Lipinski definition) is 4. The minimum Gasteiger partial charge on any atom is -0.524 e. The van der Waals surface area contributed by atoms with Crippen LogP contribution in [0.2, 0.25) is 0 Å². The van der Waals surface area contributed by atoms with E-state index in [1.807, 2.05) is 19.9 Å². The molecule has 0 aliphatic carbocycles. The van der Waals surface area contributed by atoms with E-state index in [1.54, 1.807) is 91.8 Å². The number of carbonyl (C=O) groups is 3. The summed E-state index contributed by atoms with van der Waals surface area (Å²) < 4.78 is 5.22. The Hall–Kier alpha value is -3.60. The van der Waals surface area contributed by atoms with E-state index in [9.17, 15) is 14.4 Å². The van der Waals surface area contributed by atoms with E-state index in [0.29, 0.717) is 28.3 Å². The van der Waals surface area contributed by atoms with Crippen molar-refractivity contribution >= 4 is 35.0 Å². The van der Waals surface area contributed by atoms with Gasteiger partial charge in [-0.2, -0.15) is 11.8 Å². The molecular weight excluding hydrogens is 717 g/mol. The van der Waals surface area contributed by atoms with E-state index in [-0.39, 0.29) is 85.1 Å². The summed E-state index contributed by atoms with van der Waals surface area (Å²) in [6, 6.07) is 22.6. The molecule has 3 aromatic rings. The molecule has 239 valence electrons. The fourth-order valence-electron chi connectivity index (χ4n) is 3.62. The van der Waals surface area contributed by atoms with Crippen molar-refractivity contribution in [3.05, 3.63) is 116 Å². The maximum atomic E-state index is 12.9. The van der Waals surface area contributed by atoms with E-state index in [1.165, 1.54) is 4.90 Å². The number of nitrogens with one attached hydrogen (secondary N) is 4. The number of benzene rings is 3. The number of ether oxygens (including phenoxy) is 1. The Morgan fingerprint density at radius 1 is 0.955 bits per heavy atom. The van der Waals surface area contributed by atoms with Crippen LogP contribution in [0.4, 0.5) is 16.2 Å². The summed E-state index contributed by atoms with van der Waals surface area (Å²) in [4.78, 5) is 40.3. The van der Waals surface area contributed by atoms with Gasteiger partial charge in [0.1, 0.15) is 5.75 Å². The molecule has 1 radical (unpaired) electrons. The van der Waals surface area contributed by atoms with Crippen molar-refractivity contribution in [2.24, 2.45) is 0 Å².